The molecule has 3 atom stereocenters. The summed E-state index contributed by atoms with van der Waals surface area (Å²) in [6, 6.07) is 6.76. The van der Waals surface area contributed by atoms with Crippen molar-refractivity contribution in [3.8, 4) is 0 Å². The molecule has 0 aromatic heterocycles. The second kappa shape index (κ2) is 9.34. The molecule has 3 rings (SSSR count). The summed E-state index contributed by atoms with van der Waals surface area (Å²) in [6.45, 7) is 8.07. The van der Waals surface area contributed by atoms with E-state index < -0.39 is 4.92 Å². The van der Waals surface area contributed by atoms with E-state index in [1.165, 1.54) is 6.07 Å². The first kappa shape index (κ1) is 20.5. The lowest BCUT2D eigenvalue weighted by Gasteiger charge is -2.38. The highest BCUT2D eigenvalue weighted by Crippen LogP contribution is 2.24. The van der Waals surface area contributed by atoms with Crippen molar-refractivity contribution in [3.05, 3.63) is 34.4 Å². The van der Waals surface area contributed by atoms with Crippen molar-refractivity contribution in [2.24, 2.45) is 0 Å². The first-order valence-corrected chi connectivity index (χ1v) is 10.1. The molecule has 8 nitrogen and oxygen atoms in total. The van der Waals surface area contributed by atoms with Crippen molar-refractivity contribution in [1.29, 1.82) is 0 Å². The van der Waals surface area contributed by atoms with Crippen LogP contribution in [-0.2, 0) is 9.53 Å². The molecule has 1 aromatic carbocycles. The maximum Gasteiger partial charge on any atom is 0.292 e. The Balaban J connectivity index is 1.50. The number of morpholine rings is 1. The summed E-state index contributed by atoms with van der Waals surface area (Å²) in [6.07, 6.45) is 2.84. The maximum atomic E-state index is 12.7. The fourth-order valence-electron chi connectivity index (χ4n) is 4.32. The Morgan fingerprint density at radius 1 is 1.29 bits per heavy atom. The number of nitro benzene ring substituents is 1. The van der Waals surface area contributed by atoms with E-state index in [0.717, 1.165) is 39.0 Å². The summed E-state index contributed by atoms with van der Waals surface area (Å²) < 4.78 is 5.80. The number of nitrogens with one attached hydrogen (secondary N) is 1. The SMILES string of the molecule is C[C@@H]1CN(C[C@H]2CCCN2C(=O)CCNc2ccccc2[N+](=O)[O-])C[C@@H](C)O1. The van der Waals surface area contributed by atoms with Crippen LogP contribution in [0.25, 0.3) is 0 Å². The molecule has 0 radical (unpaired) electrons. The third-order valence-corrected chi connectivity index (χ3v) is 5.42. The molecule has 2 heterocycles. The van der Waals surface area contributed by atoms with Crippen LogP contribution < -0.4 is 5.32 Å². The monoisotopic (exact) mass is 390 g/mol. The zero-order valence-corrected chi connectivity index (χ0v) is 16.7. The number of carbonyl (C=O) groups excluding carboxylic acids is 1. The van der Waals surface area contributed by atoms with Crippen molar-refractivity contribution in [2.75, 3.05) is 38.0 Å². The summed E-state index contributed by atoms with van der Waals surface area (Å²) in [4.78, 5) is 27.8. The summed E-state index contributed by atoms with van der Waals surface area (Å²) >= 11 is 0. The van der Waals surface area contributed by atoms with Crippen LogP contribution in [0.5, 0.6) is 0 Å². The van der Waals surface area contributed by atoms with Gasteiger partial charge in [-0.2, -0.15) is 0 Å². The number of carbonyl (C=O) groups is 1. The number of anilines is 1. The van der Waals surface area contributed by atoms with Gasteiger partial charge in [-0.05, 0) is 32.8 Å². The third kappa shape index (κ3) is 5.20. The number of hydrogen-bond acceptors (Lipinski definition) is 6. The fraction of sp³-hybridized carbons (Fsp3) is 0.650. The molecule has 0 unspecified atom stereocenters. The molecule has 1 aromatic rings. The highest BCUT2D eigenvalue weighted by Gasteiger charge is 2.32. The molecule has 2 fully saturated rings. The molecule has 0 spiro atoms. The molecular formula is C20H30N4O4. The molecule has 1 amide bonds. The number of nitrogens with zero attached hydrogens (tertiary/aromatic N) is 3. The Morgan fingerprint density at radius 2 is 2.00 bits per heavy atom. The molecule has 8 heteroatoms. The van der Waals surface area contributed by atoms with Gasteiger partial charge in [-0.3, -0.25) is 19.8 Å². The second-order valence-electron chi connectivity index (χ2n) is 7.81. The lowest BCUT2D eigenvalue weighted by atomic mass is 10.1. The molecule has 0 aliphatic carbocycles. The molecule has 2 saturated heterocycles. The highest BCUT2D eigenvalue weighted by atomic mass is 16.6. The third-order valence-electron chi connectivity index (χ3n) is 5.42. The Kier molecular flexibility index (Phi) is 6.85. The number of para-hydroxylation sites is 2. The van der Waals surface area contributed by atoms with Crippen LogP contribution in [0.4, 0.5) is 11.4 Å². The van der Waals surface area contributed by atoms with E-state index in [1.54, 1.807) is 18.2 Å². The van der Waals surface area contributed by atoms with Gasteiger partial charge in [0.1, 0.15) is 5.69 Å². The number of rotatable bonds is 7. The molecule has 2 aliphatic heterocycles. The molecule has 2 aliphatic rings. The summed E-state index contributed by atoms with van der Waals surface area (Å²) in [5.74, 6) is 0.114. The predicted octanol–water partition coefficient (Wildman–Crippen LogP) is 2.50. The smallest absolute Gasteiger partial charge is 0.292 e. The van der Waals surface area contributed by atoms with Gasteiger partial charge in [0.15, 0.2) is 0 Å². The Bertz CT molecular complexity index is 689. The number of likely N-dealkylation sites (tertiary alicyclic amines) is 1. The summed E-state index contributed by atoms with van der Waals surface area (Å²) in [7, 11) is 0. The summed E-state index contributed by atoms with van der Waals surface area (Å²) in [5.41, 5.74) is 0.485. The first-order chi connectivity index (χ1) is 13.4. The Hall–Kier alpha value is -2.19. The zero-order valence-electron chi connectivity index (χ0n) is 16.7. The van der Waals surface area contributed by atoms with Crippen molar-refractivity contribution in [1.82, 2.24) is 9.80 Å². The van der Waals surface area contributed by atoms with Crippen LogP contribution in [-0.4, -0.2) is 71.6 Å². The maximum absolute atomic E-state index is 12.7. The lowest BCUT2D eigenvalue weighted by Crippen LogP contribution is -2.51. The van der Waals surface area contributed by atoms with Gasteiger partial charge in [0.05, 0.1) is 17.1 Å². The van der Waals surface area contributed by atoms with Gasteiger partial charge in [-0.15, -0.1) is 0 Å². The van der Waals surface area contributed by atoms with Gasteiger partial charge in [0.25, 0.3) is 5.69 Å². The fourth-order valence-corrected chi connectivity index (χ4v) is 4.32. The van der Waals surface area contributed by atoms with Crippen LogP contribution in [0, 0.1) is 10.1 Å². The minimum atomic E-state index is -0.412. The van der Waals surface area contributed by atoms with E-state index in [0.29, 0.717) is 18.7 Å². The van der Waals surface area contributed by atoms with E-state index in [2.05, 4.69) is 24.1 Å². The van der Waals surface area contributed by atoms with Crippen molar-refractivity contribution in [3.63, 3.8) is 0 Å². The summed E-state index contributed by atoms with van der Waals surface area (Å²) in [5, 5.41) is 14.1. The van der Waals surface area contributed by atoms with Crippen molar-refractivity contribution < 1.29 is 14.5 Å². The quantitative estimate of drug-likeness (QED) is 0.568. The van der Waals surface area contributed by atoms with Crippen LogP contribution in [0.15, 0.2) is 24.3 Å². The molecule has 1 N–H and O–H groups in total. The topological polar surface area (TPSA) is 88.0 Å². The van der Waals surface area contributed by atoms with Gasteiger partial charge in [-0.1, -0.05) is 12.1 Å². The van der Waals surface area contributed by atoms with Crippen LogP contribution in [0.3, 0.4) is 0 Å². The predicted molar refractivity (Wildman–Crippen MR) is 107 cm³/mol. The highest BCUT2D eigenvalue weighted by molar-refractivity contribution is 5.77. The number of amides is 1. The molecule has 0 bridgehead atoms. The van der Waals surface area contributed by atoms with Crippen LogP contribution in [0.1, 0.15) is 33.1 Å². The molecule has 154 valence electrons. The van der Waals surface area contributed by atoms with Crippen LogP contribution >= 0.6 is 0 Å². The van der Waals surface area contributed by atoms with Crippen molar-refractivity contribution >= 4 is 17.3 Å². The molecule has 0 saturated carbocycles. The first-order valence-electron chi connectivity index (χ1n) is 10.1. The minimum absolute atomic E-state index is 0.0320. The second-order valence-corrected chi connectivity index (χ2v) is 7.81. The lowest BCUT2D eigenvalue weighted by molar-refractivity contribution is -0.384. The van der Waals surface area contributed by atoms with Gasteiger partial charge >= 0.3 is 0 Å². The van der Waals surface area contributed by atoms with E-state index in [-0.39, 0.29) is 29.8 Å². The van der Waals surface area contributed by atoms with Gasteiger partial charge in [0, 0.05) is 51.3 Å². The number of hydrogen-bond donors (Lipinski definition) is 1. The van der Waals surface area contributed by atoms with Crippen molar-refractivity contribution in [2.45, 2.75) is 51.4 Å². The largest absolute Gasteiger partial charge is 0.379 e. The average molecular weight is 390 g/mol. The van der Waals surface area contributed by atoms with E-state index >= 15 is 0 Å². The number of benzene rings is 1. The molecule has 28 heavy (non-hydrogen) atoms. The minimum Gasteiger partial charge on any atom is -0.379 e. The molecular weight excluding hydrogens is 360 g/mol. The Labute approximate surface area is 166 Å². The Morgan fingerprint density at radius 3 is 2.71 bits per heavy atom. The van der Waals surface area contributed by atoms with Gasteiger partial charge in [-0.25, -0.2) is 0 Å². The average Bonchev–Trinajstić information content (AvgIpc) is 3.09. The van der Waals surface area contributed by atoms with E-state index in [1.807, 2.05) is 4.90 Å². The normalized spacial score (nSPS) is 25.6. The van der Waals surface area contributed by atoms with E-state index in [9.17, 15) is 14.9 Å². The standard InChI is InChI=1S/C20H30N4O4/c1-15-12-22(13-16(2)28-15)14-17-6-5-11-23(17)20(25)9-10-21-18-7-3-4-8-19(18)24(26)27/h3-4,7-8,15-17,21H,5-6,9-14H2,1-2H3/t15-,16-,17-/m1/s1. The zero-order chi connectivity index (χ0) is 20.1. The van der Waals surface area contributed by atoms with E-state index in [4.69, 9.17) is 4.74 Å². The van der Waals surface area contributed by atoms with Crippen LogP contribution in [0.2, 0.25) is 0 Å². The van der Waals surface area contributed by atoms with Gasteiger partial charge < -0.3 is 15.0 Å². The number of ether oxygens (including phenoxy) is 1. The number of nitro groups is 1. The van der Waals surface area contributed by atoms with Gasteiger partial charge in [0.2, 0.25) is 5.91 Å².